The van der Waals surface area contributed by atoms with E-state index in [1.54, 1.807) is 32.9 Å². The number of nitro groups is 1. The van der Waals surface area contributed by atoms with Crippen LogP contribution in [0.5, 0.6) is 0 Å². The summed E-state index contributed by atoms with van der Waals surface area (Å²) in [5.74, 6) is -0.372. The molecule has 0 bridgehead atoms. The van der Waals surface area contributed by atoms with Gasteiger partial charge in [0, 0.05) is 12.1 Å². The highest BCUT2D eigenvalue weighted by Gasteiger charge is 2.32. The van der Waals surface area contributed by atoms with Gasteiger partial charge in [0.2, 0.25) is 0 Å². The second-order valence-electron chi connectivity index (χ2n) is 5.89. The summed E-state index contributed by atoms with van der Waals surface area (Å²) in [6, 6.07) is 15.5. The van der Waals surface area contributed by atoms with Crippen LogP contribution in [0.3, 0.4) is 0 Å². The Morgan fingerprint density at radius 1 is 1.13 bits per heavy atom. The van der Waals surface area contributed by atoms with E-state index in [0.717, 1.165) is 5.56 Å². The van der Waals surface area contributed by atoms with Gasteiger partial charge in [0.15, 0.2) is 0 Å². The van der Waals surface area contributed by atoms with E-state index in [2.05, 4.69) is 0 Å². The second-order valence-corrected chi connectivity index (χ2v) is 5.89. The molecule has 0 heterocycles. The Morgan fingerprint density at radius 3 is 2.39 bits per heavy atom. The Labute approximate surface area is 135 Å². The van der Waals surface area contributed by atoms with Crippen molar-refractivity contribution in [3.63, 3.8) is 0 Å². The number of esters is 1. The number of rotatable bonds is 5. The lowest BCUT2D eigenvalue weighted by atomic mass is 9.85. The zero-order valence-corrected chi connectivity index (χ0v) is 13.4. The average molecular weight is 313 g/mol. The minimum Gasteiger partial charge on any atom is -0.457 e. The van der Waals surface area contributed by atoms with Crippen LogP contribution in [0.2, 0.25) is 0 Å². The molecule has 0 saturated carbocycles. The first kappa shape index (κ1) is 16.7. The fraction of sp³-hybridized carbons (Fsp3) is 0.278. The van der Waals surface area contributed by atoms with Crippen molar-refractivity contribution in [2.45, 2.75) is 32.3 Å². The van der Waals surface area contributed by atoms with Crippen LogP contribution < -0.4 is 0 Å². The molecule has 0 amide bonds. The van der Waals surface area contributed by atoms with Crippen LogP contribution in [0.15, 0.2) is 54.6 Å². The van der Waals surface area contributed by atoms with Crippen LogP contribution in [-0.4, -0.2) is 10.9 Å². The van der Waals surface area contributed by atoms with Crippen LogP contribution in [-0.2, 0) is 14.9 Å². The summed E-state index contributed by atoms with van der Waals surface area (Å²) < 4.78 is 5.53. The summed E-state index contributed by atoms with van der Waals surface area (Å²) in [5, 5.41) is 10.8. The fourth-order valence-corrected chi connectivity index (χ4v) is 2.24. The van der Waals surface area contributed by atoms with Gasteiger partial charge in [-0.3, -0.25) is 14.9 Å². The largest absolute Gasteiger partial charge is 0.457 e. The predicted molar refractivity (Wildman–Crippen MR) is 87.1 cm³/mol. The highest BCUT2D eigenvalue weighted by molar-refractivity contribution is 5.82. The first-order valence-electron chi connectivity index (χ1n) is 7.33. The predicted octanol–water partition coefficient (Wildman–Crippen LogP) is 4.18. The van der Waals surface area contributed by atoms with Gasteiger partial charge >= 0.3 is 5.97 Å². The summed E-state index contributed by atoms with van der Waals surface area (Å²) in [5.41, 5.74) is 0.635. The second kappa shape index (κ2) is 6.60. The summed E-state index contributed by atoms with van der Waals surface area (Å²) >= 11 is 0. The van der Waals surface area contributed by atoms with Gasteiger partial charge in [-0.05, 0) is 31.9 Å². The van der Waals surface area contributed by atoms with Crippen LogP contribution in [0, 0.1) is 10.1 Å². The number of non-ortho nitro benzene ring substituents is 1. The number of nitro benzene ring substituents is 1. The molecule has 120 valence electrons. The Balaban J connectivity index is 2.16. The third-order valence-corrected chi connectivity index (χ3v) is 3.84. The molecule has 2 aromatic rings. The summed E-state index contributed by atoms with van der Waals surface area (Å²) in [7, 11) is 0. The van der Waals surface area contributed by atoms with Gasteiger partial charge in [0.05, 0.1) is 10.3 Å². The molecule has 0 aromatic heterocycles. The molecule has 0 saturated heterocycles. The van der Waals surface area contributed by atoms with E-state index in [-0.39, 0.29) is 11.7 Å². The van der Waals surface area contributed by atoms with Crippen LogP contribution in [0.1, 0.15) is 38.0 Å². The zero-order chi connectivity index (χ0) is 17.0. The standard InChI is InChI=1S/C18H19NO4/c1-13(14-8-7-11-16(12-14)19(21)22)23-17(20)18(2,3)15-9-5-4-6-10-15/h4-13H,1-3H3/t13-/m0/s1. The molecule has 2 aromatic carbocycles. The summed E-state index contributed by atoms with van der Waals surface area (Å²) in [6.45, 7) is 5.30. The normalized spacial score (nSPS) is 12.5. The van der Waals surface area contributed by atoms with Crippen molar-refractivity contribution >= 4 is 11.7 Å². The zero-order valence-electron chi connectivity index (χ0n) is 13.4. The topological polar surface area (TPSA) is 69.4 Å². The lowest BCUT2D eigenvalue weighted by Crippen LogP contribution is -2.31. The van der Waals surface area contributed by atoms with Gasteiger partial charge in [-0.1, -0.05) is 42.5 Å². The van der Waals surface area contributed by atoms with Crippen molar-refractivity contribution in [1.82, 2.24) is 0 Å². The number of carbonyl (C=O) groups is 1. The molecule has 0 aliphatic rings. The molecule has 5 nitrogen and oxygen atoms in total. The lowest BCUT2D eigenvalue weighted by Gasteiger charge is -2.25. The van der Waals surface area contributed by atoms with Gasteiger partial charge in [0.25, 0.3) is 5.69 Å². The SMILES string of the molecule is C[C@H](OC(=O)C(C)(C)c1ccccc1)c1cccc([N+](=O)[O-])c1. The molecule has 5 heteroatoms. The Hall–Kier alpha value is -2.69. The van der Waals surface area contributed by atoms with Gasteiger partial charge in [-0.15, -0.1) is 0 Å². The minimum absolute atomic E-state index is 0.0206. The molecule has 2 rings (SSSR count). The molecule has 1 atom stereocenters. The monoisotopic (exact) mass is 313 g/mol. The van der Waals surface area contributed by atoms with E-state index < -0.39 is 16.4 Å². The van der Waals surface area contributed by atoms with Gasteiger partial charge in [-0.25, -0.2) is 0 Å². The van der Waals surface area contributed by atoms with E-state index >= 15 is 0 Å². The number of hydrogen-bond donors (Lipinski definition) is 0. The van der Waals surface area contributed by atoms with Crippen LogP contribution >= 0.6 is 0 Å². The molecule has 0 aliphatic heterocycles. The lowest BCUT2D eigenvalue weighted by molar-refractivity contribution is -0.385. The molecule has 0 unspecified atom stereocenters. The first-order valence-corrected chi connectivity index (χ1v) is 7.33. The average Bonchev–Trinajstić information content (AvgIpc) is 2.55. The van der Waals surface area contributed by atoms with Crippen molar-refractivity contribution in [2.75, 3.05) is 0 Å². The minimum atomic E-state index is -0.795. The van der Waals surface area contributed by atoms with Crippen molar-refractivity contribution in [1.29, 1.82) is 0 Å². The molecule has 0 aliphatic carbocycles. The molecule has 0 fully saturated rings. The third kappa shape index (κ3) is 3.74. The van der Waals surface area contributed by atoms with E-state index in [9.17, 15) is 14.9 Å². The third-order valence-electron chi connectivity index (χ3n) is 3.84. The molecule has 0 N–H and O–H groups in total. The van der Waals surface area contributed by atoms with Crippen molar-refractivity contribution in [3.05, 3.63) is 75.8 Å². The maximum Gasteiger partial charge on any atom is 0.316 e. The number of hydrogen-bond acceptors (Lipinski definition) is 4. The summed E-state index contributed by atoms with van der Waals surface area (Å²) in [4.78, 5) is 22.9. The van der Waals surface area contributed by atoms with E-state index in [0.29, 0.717) is 5.56 Å². The quantitative estimate of drug-likeness (QED) is 0.472. The molecule has 23 heavy (non-hydrogen) atoms. The number of ether oxygens (including phenoxy) is 1. The molecular formula is C18H19NO4. The fourth-order valence-electron chi connectivity index (χ4n) is 2.24. The van der Waals surface area contributed by atoms with Crippen LogP contribution in [0.4, 0.5) is 5.69 Å². The number of carbonyl (C=O) groups excluding carboxylic acids is 1. The molecule has 0 spiro atoms. The molecule has 0 radical (unpaired) electrons. The Bertz CT molecular complexity index is 710. The van der Waals surface area contributed by atoms with Gasteiger partial charge < -0.3 is 4.74 Å². The van der Waals surface area contributed by atoms with Gasteiger partial charge in [0.1, 0.15) is 6.10 Å². The van der Waals surface area contributed by atoms with E-state index in [4.69, 9.17) is 4.74 Å². The number of nitrogens with zero attached hydrogens (tertiary/aromatic N) is 1. The van der Waals surface area contributed by atoms with Gasteiger partial charge in [-0.2, -0.15) is 0 Å². The van der Waals surface area contributed by atoms with Crippen molar-refractivity contribution in [2.24, 2.45) is 0 Å². The summed E-state index contributed by atoms with van der Waals surface area (Å²) in [6.07, 6.45) is -0.564. The van der Waals surface area contributed by atoms with E-state index in [1.807, 2.05) is 30.3 Å². The maximum absolute atomic E-state index is 12.5. The van der Waals surface area contributed by atoms with Crippen molar-refractivity contribution < 1.29 is 14.5 Å². The maximum atomic E-state index is 12.5. The smallest absolute Gasteiger partial charge is 0.316 e. The van der Waals surface area contributed by atoms with Crippen molar-refractivity contribution in [3.8, 4) is 0 Å². The van der Waals surface area contributed by atoms with Crippen LogP contribution in [0.25, 0.3) is 0 Å². The Morgan fingerprint density at radius 2 is 1.78 bits per heavy atom. The number of benzene rings is 2. The van der Waals surface area contributed by atoms with E-state index in [1.165, 1.54) is 12.1 Å². The first-order chi connectivity index (χ1) is 10.8. The molecular weight excluding hydrogens is 294 g/mol. The highest BCUT2D eigenvalue weighted by atomic mass is 16.6. The highest BCUT2D eigenvalue weighted by Crippen LogP contribution is 2.28. The Kier molecular flexibility index (Phi) is 4.79.